The second kappa shape index (κ2) is 9.30. The van der Waals surface area contributed by atoms with E-state index in [0.717, 1.165) is 39.8 Å². The highest BCUT2D eigenvalue weighted by Crippen LogP contribution is 2.37. The van der Waals surface area contributed by atoms with Crippen molar-refractivity contribution in [1.29, 1.82) is 0 Å². The van der Waals surface area contributed by atoms with Crippen LogP contribution < -0.4 is 5.32 Å². The SMILES string of the molecule is O=C(NCCO)c1sc2ncccc2c1C1CN(Cc2ccnc3ccccc23)CCO1. The van der Waals surface area contributed by atoms with Gasteiger partial charge < -0.3 is 15.2 Å². The van der Waals surface area contributed by atoms with Crippen molar-refractivity contribution in [2.75, 3.05) is 32.8 Å². The minimum Gasteiger partial charge on any atom is -0.395 e. The van der Waals surface area contributed by atoms with Crippen LogP contribution in [0, 0.1) is 0 Å². The van der Waals surface area contributed by atoms with Crippen LogP contribution in [0.25, 0.3) is 21.1 Å². The van der Waals surface area contributed by atoms with Crippen LogP contribution in [0.5, 0.6) is 0 Å². The summed E-state index contributed by atoms with van der Waals surface area (Å²) in [5, 5.41) is 14.0. The number of benzene rings is 1. The maximum absolute atomic E-state index is 12.8. The molecule has 8 heteroatoms. The monoisotopic (exact) mass is 448 g/mol. The average Bonchev–Trinajstić information content (AvgIpc) is 3.23. The molecule has 0 bridgehead atoms. The number of morpholine rings is 1. The lowest BCUT2D eigenvalue weighted by molar-refractivity contribution is -0.0322. The van der Waals surface area contributed by atoms with Gasteiger partial charge in [-0.2, -0.15) is 0 Å². The predicted octanol–water partition coefficient (Wildman–Crippen LogP) is 3.14. The van der Waals surface area contributed by atoms with Gasteiger partial charge in [0.2, 0.25) is 0 Å². The van der Waals surface area contributed by atoms with E-state index in [1.54, 1.807) is 6.20 Å². The Labute approximate surface area is 189 Å². The summed E-state index contributed by atoms with van der Waals surface area (Å²) in [5.41, 5.74) is 3.11. The fourth-order valence-electron chi connectivity index (χ4n) is 4.24. The van der Waals surface area contributed by atoms with Crippen molar-refractivity contribution >= 4 is 38.4 Å². The van der Waals surface area contributed by atoms with E-state index in [9.17, 15) is 4.79 Å². The molecule has 1 amide bonds. The van der Waals surface area contributed by atoms with Gasteiger partial charge in [0.15, 0.2) is 0 Å². The van der Waals surface area contributed by atoms with Crippen molar-refractivity contribution in [3.05, 3.63) is 70.9 Å². The first-order valence-electron chi connectivity index (χ1n) is 10.7. The molecule has 0 aliphatic carbocycles. The van der Waals surface area contributed by atoms with Crippen molar-refractivity contribution in [1.82, 2.24) is 20.2 Å². The molecule has 0 radical (unpaired) electrons. The Balaban J connectivity index is 1.44. The van der Waals surface area contributed by atoms with Crippen LogP contribution in [0.2, 0.25) is 0 Å². The third kappa shape index (κ3) is 4.10. The number of aliphatic hydroxyl groups is 1. The summed E-state index contributed by atoms with van der Waals surface area (Å²) < 4.78 is 6.18. The quantitative estimate of drug-likeness (QED) is 0.471. The number of fused-ring (bicyclic) bond motifs is 2. The molecule has 7 nitrogen and oxygen atoms in total. The molecule has 1 fully saturated rings. The van der Waals surface area contributed by atoms with E-state index < -0.39 is 0 Å². The third-order valence-corrected chi connectivity index (χ3v) is 6.84. The molecule has 4 aromatic rings. The Morgan fingerprint density at radius 2 is 2.03 bits per heavy atom. The topological polar surface area (TPSA) is 87.6 Å². The standard InChI is InChI=1S/C24H24N4O3S/c29-12-10-26-23(30)22-21(18-5-3-8-27-24(18)32-22)20-15-28(11-13-31-20)14-16-7-9-25-19-6-2-1-4-17(16)19/h1-9,20,29H,10-15H2,(H,26,30). The highest BCUT2D eigenvalue weighted by Gasteiger charge is 2.30. The Bertz CT molecular complexity index is 1250. The molecule has 0 spiro atoms. The van der Waals surface area contributed by atoms with E-state index >= 15 is 0 Å². The van der Waals surface area contributed by atoms with Gasteiger partial charge in [0.1, 0.15) is 9.71 Å². The third-order valence-electron chi connectivity index (χ3n) is 5.71. The molecule has 164 valence electrons. The number of thiophene rings is 1. The van der Waals surface area contributed by atoms with Gasteiger partial charge in [-0.15, -0.1) is 11.3 Å². The number of carbonyl (C=O) groups excluding carboxylic acids is 1. The zero-order valence-electron chi connectivity index (χ0n) is 17.5. The minimum atomic E-state index is -0.232. The molecule has 1 saturated heterocycles. The van der Waals surface area contributed by atoms with Gasteiger partial charge in [0, 0.05) is 54.9 Å². The molecule has 3 aromatic heterocycles. The average molecular weight is 449 g/mol. The Morgan fingerprint density at radius 3 is 2.94 bits per heavy atom. The molecule has 4 heterocycles. The van der Waals surface area contributed by atoms with E-state index in [1.807, 2.05) is 36.5 Å². The summed E-state index contributed by atoms with van der Waals surface area (Å²) in [6, 6.07) is 14.1. The van der Waals surface area contributed by atoms with Gasteiger partial charge in [0.05, 0.1) is 24.8 Å². The van der Waals surface area contributed by atoms with Gasteiger partial charge in [-0.3, -0.25) is 14.7 Å². The fourth-order valence-corrected chi connectivity index (χ4v) is 5.35. The van der Waals surface area contributed by atoms with E-state index in [-0.39, 0.29) is 25.2 Å². The zero-order valence-corrected chi connectivity index (χ0v) is 18.3. The summed E-state index contributed by atoms with van der Waals surface area (Å²) in [5.74, 6) is -0.196. The van der Waals surface area contributed by atoms with Crippen molar-refractivity contribution in [2.24, 2.45) is 0 Å². The van der Waals surface area contributed by atoms with Gasteiger partial charge in [0.25, 0.3) is 5.91 Å². The number of para-hydroxylation sites is 1. The normalized spacial score (nSPS) is 17.1. The van der Waals surface area contributed by atoms with Gasteiger partial charge >= 0.3 is 0 Å². The first kappa shape index (κ1) is 21.0. The molecular weight excluding hydrogens is 424 g/mol. The predicted molar refractivity (Wildman–Crippen MR) is 125 cm³/mol. The number of nitrogens with one attached hydrogen (secondary N) is 1. The highest BCUT2D eigenvalue weighted by atomic mass is 32.1. The number of aliphatic hydroxyl groups excluding tert-OH is 1. The molecule has 1 aliphatic heterocycles. The molecule has 1 aliphatic rings. The Hall–Kier alpha value is -2.91. The summed E-state index contributed by atoms with van der Waals surface area (Å²) in [7, 11) is 0. The van der Waals surface area contributed by atoms with Crippen molar-refractivity contribution in [3.8, 4) is 0 Å². The first-order valence-corrected chi connectivity index (χ1v) is 11.5. The minimum absolute atomic E-state index is 0.0994. The highest BCUT2D eigenvalue weighted by molar-refractivity contribution is 7.20. The number of nitrogens with zero attached hydrogens (tertiary/aromatic N) is 3. The number of hydrogen-bond acceptors (Lipinski definition) is 7. The van der Waals surface area contributed by atoms with E-state index in [4.69, 9.17) is 9.84 Å². The van der Waals surface area contributed by atoms with Gasteiger partial charge in [-0.1, -0.05) is 24.3 Å². The van der Waals surface area contributed by atoms with Crippen LogP contribution in [-0.4, -0.2) is 58.7 Å². The number of hydrogen-bond donors (Lipinski definition) is 2. The largest absolute Gasteiger partial charge is 0.395 e. The molecule has 0 saturated carbocycles. The summed E-state index contributed by atoms with van der Waals surface area (Å²) in [6.07, 6.45) is 3.36. The number of amides is 1. The first-order chi connectivity index (χ1) is 15.7. The molecular formula is C24H24N4O3S. The summed E-state index contributed by atoms with van der Waals surface area (Å²) in [6.45, 7) is 2.99. The van der Waals surface area contributed by atoms with Crippen LogP contribution in [0.3, 0.4) is 0 Å². The molecule has 2 N–H and O–H groups in total. The van der Waals surface area contributed by atoms with Gasteiger partial charge in [-0.25, -0.2) is 4.98 Å². The lowest BCUT2D eigenvalue weighted by Crippen LogP contribution is -2.38. The van der Waals surface area contributed by atoms with Crippen molar-refractivity contribution in [2.45, 2.75) is 12.6 Å². The van der Waals surface area contributed by atoms with Crippen LogP contribution in [0.1, 0.15) is 26.9 Å². The smallest absolute Gasteiger partial charge is 0.261 e. The van der Waals surface area contributed by atoms with E-state index in [1.165, 1.54) is 16.9 Å². The number of carbonyl (C=O) groups is 1. The summed E-state index contributed by atoms with van der Waals surface area (Å²) >= 11 is 1.37. The van der Waals surface area contributed by atoms with Crippen LogP contribution in [0.4, 0.5) is 0 Å². The Morgan fingerprint density at radius 1 is 1.16 bits per heavy atom. The van der Waals surface area contributed by atoms with Crippen LogP contribution in [0.15, 0.2) is 54.9 Å². The molecule has 1 atom stereocenters. The molecule has 32 heavy (non-hydrogen) atoms. The molecule has 1 aromatic carbocycles. The zero-order chi connectivity index (χ0) is 21.9. The molecule has 1 unspecified atom stereocenters. The van der Waals surface area contributed by atoms with Crippen LogP contribution >= 0.6 is 11.3 Å². The second-order valence-corrected chi connectivity index (χ2v) is 8.76. The summed E-state index contributed by atoms with van der Waals surface area (Å²) in [4.78, 5) is 25.6. The van der Waals surface area contributed by atoms with Gasteiger partial charge in [-0.05, 0) is 23.8 Å². The number of pyridine rings is 2. The fraction of sp³-hybridized carbons (Fsp3) is 0.292. The Kier molecular flexibility index (Phi) is 6.09. The second-order valence-electron chi connectivity index (χ2n) is 7.76. The lowest BCUT2D eigenvalue weighted by atomic mass is 10.0. The maximum Gasteiger partial charge on any atom is 0.261 e. The maximum atomic E-state index is 12.8. The van der Waals surface area contributed by atoms with E-state index in [2.05, 4.69) is 32.3 Å². The lowest BCUT2D eigenvalue weighted by Gasteiger charge is -2.33. The molecule has 5 rings (SSSR count). The van der Waals surface area contributed by atoms with Crippen molar-refractivity contribution in [3.63, 3.8) is 0 Å². The van der Waals surface area contributed by atoms with Crippen molar-refractivity contribution < 1.29 is 14.6 Å². The number of aromatic nitrogens is 2. The van der Waals surface area contributed by atoms with Crippen LogP contribution in [-0.2, 0) is 11.3 Å². The number of rotatable bonds is 6. The number of ether oxygens (including phenoxy) is 1. The van der Waals surface area contributed by atoms with E-state index in [0.29, 0.717) is 18.0 Å².